The van der Waals surface area contributed by atoms with Gasteiger partial charge in [0.05, 0.1) is 22.5 Å². The van der Waals surface area contributed by atoms with Crippen LogP contribution in [-0.4, -0.2) is 32.4 Å². The van der Waals surface area contributed by atoms with Gasteiger partial charge in [0, 0.05) is 10.0 Å². The molecule has 0 aliphatic carbocycles. The highest BCUT2D eigenvalue weighted by Gasteiger charge is 2.37. The molecule has 2 heterocycles. The molecule has 0 aliphatic rings. The smallest absolute Gasteiger partial charge is 0.241 e. The fourth-order valence-electron chi connectivity index (χ4n) is 3.85. The van der Waals surface area contributed by atoms with Crippen LogP contribution in [0.25, 0.3) is 21.3 Å². The van der Waals surface area contributed by atoms with Crippen molar-refractivity contribution in [3.63, 3.8) is 0 Å². The van der Waals surface area contributed by atoms with E-state index in [0.717, 1.165) is 15.8 Å². The second kappa shape index (κ2) is 11.2. The van der Waals surface area contributed by atoms with Crippen LogP contribution in [0.3, 0.4) is 0 Å². The molecule has 0 amide bonds. The Kier molecular flexibility index (Phi) is 7.91. The van der Waals surface area contributed by atoms with Crippen LogP contribution in [0.15, 0.2) is 71.1 Å². The first-order valence-electron chi connectivity index (χ1n) is 11.0. The second-order valence-corrected chi connectivity index (χ2v) is 13.0. The van der Waals surface area contributed by atoms with Crippen LogP contribution >= 0.6 is 34.5 Å². The van der Waals surface area contributed by atoms with Gasteiger partial charge in [-0.1, -0.05) is 59.6 Å². The van der Waals surface area contributed by atoms with Crippen LogP contribution in [0, 0.1) is 0 Å². The van der Waals surface area contributed by atoms with Gasteiger partial charge in [-0.25, -0.2) is 22.3 Å². The monoisotopic (exact) mass is 608 g/mol. The molecule has 0 bridgehead atoms. The van der Waals surface area contributed by atoms with Gasteiger partial charge in [-0.2, -0.15) is 0 Å². The molecule has 0 radical (unpaired) electrons. The highest BCUT2D eigenvalue weighted by Crippen LogP contribution is 2.38. The maximum atomic E-state index is 13.8. The standard InChI is InChI=1S/C24H18Cl2N4O5S3/c25-17-8-14(9-18(26)11-17)13-38(33,34)22(23-30-29-21(35-23)12-27-37(31)32)24-28-19-7-6-16(10-20(19)36-24)15-4-2-1-3-5-15/h1-11,22,27H,12-13H2,(H,31,32). The molecular weight excluding hydrogens is 591 g/mol. The third-order valence-electron chi connectivity index (χ3n) is 5.44. The number of nitrogens with one attached hydrogen (secondary N) is 1. The molecule has 0 saturated heterocycles. The molecule has 2 unspecified atom stereocenters. The molecule has 0 fully saturated rings. The summed E-state index contributed by atoms with van der Waals surface area (Å²) in [5.74, 6) is -0.679. The van der Waals surface area contributed by atoms with Crippen LogP contribution in [0.1, 0.15) is 27.6 Å². The molecule has 196 valence electrons. The predicted molar refractivity (Wildman–Crippen MR) is 148 cm³/mol. The van der Waals surface area contributed by atoms with E-state index in [9.17, 15) is 12.6 Å². The van der Waals surface area contributed by atoms with E-state index in [1.54, 1.807) is 0 Å². The Morgan fingerprint density at radius 3 is 2.45 bits per heavy atom. The van der Waals surface area contributed by atoms with E-state index in [2.05, 4.69) is 19.9 Å². The van der Waals surface area contributed by atoms with Crippen LogP contribution in [0.5, 0.6) is 0 Å². The van der Waals surface area contributed by atoms with Gasteiger partial charge in [0.2, 0.25) is 23.0 Å². The predicted octanol–water partition coefficient (Wildman–Crippen LogP) is 5.58. The van der Waals surface area contributed by atoms with Crippen molar-refractivity contribution in [1.29, 1.82) is 0 Å². The summed E-state index contributed by atoms with van der Waals surface area (Å²) < 4.78 is 56.2. The quantitative estimate of drug-likeness (QED) is 0.207. The van der Waals surface area contributed by atoms with Crippen molar-refractivity contribution in [2.24, 2.45) is 0 Å². The van der Waals surface area contributed by atoms with Crippen molar-refractivity contribution in [2.45, 2.75) is 17.5 Å². The minimum atomic E-state index is -4.04. The van der Waals surface area contributed by atoms with Crippen molar-refractivity contribution in [2.75, 3.05) is 0 Å². The van der Waals surface area contributed by atoms with Crippen molar-refractivity contribution in [3.05, 3.63) is 99.1 Å². The molecule has 0 spiro atoms. The van der Waals surface area contributed by atoms with Crippen molar-refractivity contribution < 1.29 is 21.6 Å². The second-order valence-electron chi connectivity index (χ2n) is 8.17. The minimum absolute atomic E-state index is 0.0547. The Morgan fingerprint density at radius 1 is 1.00 bits per heavy atom. The fourth-order valence-corrected chi connectivity index (χ4v) is 7.80. The first-order valence-corrected chi connectivity index (χ1v) is 15.4. The zero-order valence-electron chi connectivity index (χ0n) is 19.2. The number of nitrogens with zero attached hydrogens (tertiary/aromatic N) is 3. The molecule has 0 saturated carbocycles. The number of halogens is 2. The van der Waals surface area contributed by atoms with Gasteiger partial charge in [-0.15, -0.1) is 21.5 Å². The summed E-state index contributed by atoms with van der Waals surface area (Å²) in [6, 6.07) is 20.0. The molecule has 3 aromatic carbocycles. The van der Waals surface area contributed by atoms with Gasteiger partial charge in [0.15, 0.2) is 15.1 Å². The van der Waals surface area contributed by atoms with E-state index >= 15 is 0 Å². The molecule has 5 aromatic rings. The Balaban J connectivity index is 1.57. The summed E-state index contributed by atoms with van der Waals surface area (Å²) in [6.07, 6.45) is 0. The third-order valence-corrected chi connectivity index (χ3v) is 9.38. The average Bonchev–Trinajstić information content (AvgIpc) is 3.48. The number of thiazole rings is 1. The molecule has 2 atom stereocenters. The number of rotatable bonds is 9. The molecule has 38 heavy (non-hydrogen) atoms. The lowest BCUT2D eigenvalue weighted by Gasteiger charge is -2.12. The summed E-state index contributed by atoms with van der Waals surface area (Å²) in [4.78, 5) is 4.61. The van der Waals surface area contributed by atoms with Crippen LogP contribution in [-0.2, 0) is 33.4 Å². The fraction of sp³-hybridized carbons (Fsp3) is 0.125. The maximum absolute atomic E-state index is 13.8. The van der Waals surface area contributed by atoms with Gasteiger partial charge >= 0.3 is 0 Å². The topological polar surface area (TPSA) is 135 Å². The number of aromatic nitrogens is 3. The Hall–Kier alpha value is -2.71. The van der Waals surface area contributed by atoms with Crippen LogP contribution in [0.4, 0.5) is 0 Å². The largest absolute Gasteiger partial charge is 0.422 e. The van der Waals surface area contributed by atoms with Crippen LogP contribution < -0.4 is 4.72 Å². The number of hydrogen-bond acceptors (Lipinski definition) is 8. The number of hydrogen-bond donors (Lipinski definition) is 2. The molecule has 14 heteroatoms. The highest BCUT2D eigenvalue weighted by atomic mass is 35.5. The molecule has 9 nitrogen and oxygen atoms in total. The summed E-state index contributed by atoms with van der Waals surface area (Å²) >= 11 is 11.1. The van der Waals surface area contributed by atoms with Gasteiger partial charge in [0.25, 0.3) is 0 Å². The van der Waals surface area contributed by atoms with E-state index in [-0.39, 0.29) is 23.3 Å². The molecule has 5 rings (SSSR count). The normalized spacial score (nSPS) is 13.6. The van der Waals surface area contributed by atoms with E-state index in [4.69, 9.17) is 32.2 Å². The van der Waals surface area contributed by atoms with Crippen LogP contribution in [0.2, 0.25) is 10.0 Å². The first kappa shape index (κ1) is 26.9. The first-order chi connectivity index (χ1) is 18.2. The van der Waals surface area contributed by atoms with E-state index in [1.807, 2.05) is 48.5 Å². The summed E-state index contributed by atoms with van der Waals surface area (Å²) in [5.41, 5.74) is 2.98. The van der Waals surface area contributed by atoms with Gasteiger partial charge in [-0.05, 0) is 47.0 Å². The summed E-state index contributed by atoms with van der Waals surface area (Å²) in [7, 11) is -4.04. The lowest BCUT2D eigenvalue weighted by atomic mass is 10.1. The van der Waals surface area contributed by atoms with E-state index in [0.29, 0.717) is 21.1 Å². The number of benzene rings is 3. The zero-order valence-corrected chi connectivity index (χ0v) is 23.2. The van der Waals surface area contributed by atoms with Crippen molar-refractivity contribution in [3.8, 4) is 11.1 Å². The highest BCUT2D eigenvalue weighted by molar-refractivity contribution is 7.91. The summed E-state index contributed by atoms with van der Waals surface area (Å²) in [6.45, 7) is -0.229. The minimum Gasteiger partial charge on any atom is -0.422 e. The SMILES string of the molecule is O=S(O)NCc1nnc(C(c2nc3ccc(-c4ccccc4)cc3s2)S(=O)(=O)Cc2cc(Cl)cc(Cl)c2)o1. The Bertz CT molecular complexity index is 1720. The van der Waals surface area contributed by atoms with Crippen molar-refractivity contribution in [1.82, 2.24) is 19.9 Å². The van der Waals surface area contributed by atoms with Gasteiger partial charge in [0.1, 0.15) is 5.01 Å². The molecular formula is C24H18Cl2N4O5S3. The van der Waals surface area contributed by atoms with Gasteiger partial charge in [-0.3, -0.25) is 4.55 Å². The van der Waals surface area contributed by atoms with Gasteiger partial charge < -0.3 is 4.42 Å². The van der Waals surface area contributed by atoms with E-state index < -0.39 is 32.1 Å². The third kappa shape index (κ3) is 6.12. The Labute approximate surface area is 234 Å². The zero-order chi connectivity index (χ0) is 26.9. The summed E-state index contributed by atoms with van der Waals surface area (Å²) in [5, 5.41) is 7.24. The molecule has 0 aliphatic heterocycles. The Morgan fingerprint density at radius 2 is 1.74 bits per heavy atom. The number of sulfone groups is 1. The lowest BCUT2D eigenvalue weighted by Crippen LogP contribution is -2.17. The molecule has 2 aromatic heterocycles. The maximum Gasteiger partial charge on any atom is 0.241 e. The average molecular weight is 610 g/mol. The lowest BCUT2D eigenvalue weighted by molar-refractivity contribution is 0.442. The molecule has 2 N–H and O–H groups in total. The number of fused-ring (bicyclic) bond motifs is 1. The van der Waals surface area contributed by atoms with Crippen molar-refractivity contribution >= 4 is 65.9 Å². The van der Waals surface area contributed by atoms with E-state index in [1.165, 1.54) is 29.5 Å².